The van der Waals surface area contributed by atoms with Crippen LogP contribution in [-0.4, -0.2) is 61.0 Å². The molecule has 0 aromatic carbocycles. The van der Waals surface area contributed by atoms with Crippen LogP contribution in [0.2, 0.25) is 0 Å². The Kier molecular flexibility index (Phi) is 3.85. The van der Waals surface area contributed by atoms with E-state index in [0.717, 1.165) is 45.4 Å². The maximum Gasteiger partial charge on any atom is 0.222 e. The van der Waals surface area contributed by atoms with Crippen LogP contribution in [0.1, 0.15) is 32.1 Å². The number of rotatable bonds is 3. The molecular formula is C14H25N3O. The van der Waals surface area contributed by atoms with Gasteiger partial charge >= 0.3 is 0 Å². The zero-order valence-corrected chi connectivity index (χ0v) is 11.2. The molecule has 0 aromatic rings. The minimum Gasteiger partial charge on any atom is -0.338 e. The molecule has 3 aliphatic rings. The van der Waals surface area contributed by atoms with Gasteiger partial charge in [0.1, 0.15) is 0 Å². The average molecular weight is 251 g/mol. The number of amides is 1. The molecule has 3 rings (SSSR count). The Hall–Kier alpha value is -0.610. The van der Waals surface area contributed by atoms with E-state index in [1.165, 1.54) is 25.9 Å². The van der Waals surface area contributed by atoms with Crippen molar-refractivity contribution in [3.63, 3.8) is 0 Å². The van der Waals surface area contributed by atoms with Crippen molar-refractivity contribution in [3.05, 3.63) is 0 Å². The molecule has 3 fully saturated rings. The van der Waals surface area contributed by atoms with Gasteiger partial charge < -0.3 is 15.1 Å². The first-order valence-electron chi connectivity index (χ1n) is 7.57. The Morgan fingerprint density at radius 3 is 2.83 bits per heavy atom. The number of fused-ring (bicyclic) bond motifs is 1. The van der Waals surface area contributed by atoms with Crippen molar-refractivity contribution < 1.29 is 4.79 Å². The summed E-state index contributed by atoms with van der Waals surface area (Å²) >= 11 is 0. The molecule has 4 nitrogen and oxygen atoms in total. The van der Waals surface area contributed by atoms with E-state index in [1.807, 2.05) is 0 Å². The predicted octanol–water partition coefficient (Wildman–Crippen LogP) is 0.683. The summed E-state index contributed by atoms with van der Waals surface area (Å²) in [7, 11) is 0. The fraction of sp³-hybridized carbons (Fsp3) is 0.929. The summed E-state index contributed by atoms with van der Waals surface area (Å²) in [5.41, 5.74) is 0. The van der Waals surface area contributed by atoms with Gasteiger partial charge in [0.25, 0.3) is 0 Å². The van der Waals surface area contributed by atoms with Gasteiger partial charge in [0.15, 0.2) is 0 Å². The third-order valence-electron chi connectivity index (χ3n) is 4.87. The van der Waals surface area contributed by atoms with Crippen molar-refractivity contribution in [2.75, 3.05) is 39.3 Å². The summed E-state index contributed by atoms with van der Waals surface area (Å²) in [6.45, 7) is 6.70. The van der Waals surface area contributed by atoms with Crippen molar-refractivity contribution in [2.24, 2.45) is 5.92 Å². The predicted molar refractivity (Wildman–Crippen MR) is 71.4 cm³/mol. The first kappa shape index (κ1) is 12.4. The summed E-state index contributed by atoms with van der Waals surface area (Å²) in [5, 5.41) is 3.47. The van der Waals surface area contributed by atoms with Gasteiger partial charge in [-0.25, -0.2) is 0 Å². The molecule has 102 valence electrons. The lowest BCUT2D eigenvalue weighted by atomic mass is 9.84. The monoisotopic (exact) mass is 251 g/mol. The average Bonchev–Trinajstić information content (AvgIpc) is 2.91. The summed E-state index contributed by atoms with van der Waals surface area (Å²) in [6, 6.07) is 0.523. The van der Waals surface area contributed by atoms with E-state index < -0.39 is 0 Å². The second-order valence-corrected chi connectivity index (χ2v) is 5.99. The summed E-state index contributed by atoms with van der Waals surface area (Å²) < 4.78 is 0. The SMILES string of the molecule is O=C1CCC2CNCCC2N1CCN1CCCC1. The van der Waals surface area contributed by atoms with Crippen LogP contribution in [0.5, 0.6) is 0 Å². The normalized spacial score (nSPS) is 33.8. The molecule has 4 heteroatoms. The highest BCUT2D eigenvalue weighted by atomic mass is 16.2. The molecule has 3 aliphatic heterocycles. The van der Waals surface area contributed by atoms with Crippen LogP contribution < -0.4 is 5.32 Å². The van der Waals surface area contributed by atoms with Gasteiger partial charge in [0.05, 0.1) is 0 Å². The van der Waals surface area contributed by atoms with Crippen molar-refractivity contribution in [1.82, 2.24) is 15.1 Å². The fourth-order valence-corrected chi connectivity index (χ4v) is 3.80. The van der Waals surface area contributed by atoms with Crippen molar-refractivity contribution in [1.29, 1.82) is 0 Å². The van der Waals surface area contributed by atoms with Crippen LogP contribution in [0.15, 0.2) is 0 Å². The van der Waals surface area contributed by atoms with Crippen LogP contribution in [-0.2, 0) is 4.79 Å². The molecule has 3 saturated heterocycles. The van der Waals surface area contributed by atoms with Gasteiger partial charge in [-0.1, -0.05) is 0 Å². The van der Waals surface area contributed by atoms with Crippen molar-refractivity contribution >= 4 is 5.91 Å². The molecule has 0 aromatic heterocycles. The standard InChI is InChI=1S/C14H25N3O/c18-14-4-3-12-11-15-6-5-13(12)17(14)10-9-16-7-1-2-8-16/h12-13,15H,1-11H2. The molecule has 1 N–H and O–H groups in total. The molecule has 0 radical (unpaired) electrons. The number of nitrogens with one attached hydrogen (secondary N) is 1. The van der Waals surface area contributed by atoms with Crippen LogP contribution in [0.4, 0.5) is 0 Å². The Morgan fingerprint density at radius 2 is 2.00 bits per heavy atom. The zero-order chi connectivity index (χ0) is 12.4. The topological polar surface area (TPSA) is 35.6 Å². The summed E-state index contributed by atoms with van der Waals surface area (Å²) in [5.74, 6) is 1.10. The maximum absolute atomic E-state index is 12.1. The summed E-state index contributed by atoms with van der Waals surface area (Å²) in [6.07, 6.45) is 5.68. The van der Waals surface area contributed by atoms with Crippen LogP contribution in [0.25, 0.3) is 0 Å². The number of nitrogens with zero attached hydrogens (tertiary/aromatic N) is 2. The van der Waals surface area contributed by atoms with Crippen molar-refractivity contribution in [2.45, 2.75) is 38.1 Å². The first-order chi connectivity index (χ1) is 8.84. The second kappa shape index (κ2) is 5.57. The quantitative estimate of drug-likeness (QED) is 0.801. The fourth-order valence-electron chi connectivity index (χ4n) is 3.80. The molecule has 0 spiro atoms. The third-order valence-corrected chi connectivity index (χ3v) is 4.87. The zero-order valence-electron chi connectivity index (χ0n) is 11.2. The highest BCUT2D eigenvalue weighted by molar-refractivity contribution is 5.77. The molecule has 18 heavy (non-hydrogen) atoms. The van der Waals surface area contributed by atoms with Gasteiger partial charge in [0.2, 0.25) is 5.91 Å². The third kappa shape index (κ3) is 2.54. The first-order valence-corrected chi connectivity index (χ1v) is 7.57. The highest BCUT2D eigenvalue weighted by Crippen LogP contribution is 2.28. The van der Waals surface area contributed by atoms with Crippen LogP contribution in [0, 0.1) is 5.92 Å². The van der Waals surface area contributed by atoms with Crippen LogP contribution in [0.3, 0.4) is 0 Å². The van der Waals surface area contributed by atoms with E-state index in [0.29, 0.717) is 17.9 Å². The molecule has 3 heterocycles. The lowest BCUT2D eigenvalue weighted by Crippen LogP contribution is -2.56. The van der Waals surface area contributed by atoms with E-state index in [1.54, 1.807) is 0 Å². The lowest BCUT2D eigenvalue weighted by Gasteiger charge is -2.44. The Labute approximate surface area is 110 Å². The van der Waals surface area contributed by atoms with E-state index in [2.05, 4.69) is 15.1 Å². The van der Waals surface area contributed by atoms with Gasteiger partial charge in [-0.05, 0) is 57.8 Å². The molecule has 2 unspecified atom stereocenters. The van der Waals surface area contributed by atoms with E-state index >= 15 is 0 Å². The molecule has 2 atom stereocenters. The van der Waals surface area contributed by atoms with Gasteiger partial charge in [-0.2, -0.15) is 0 Å². The van der Waals surface area contributed by atoms with E-state index in [9.17, 15) is 4.79 Å². The molecular weight excluding hydrogens is 226 g/mol. The van der Waals surface area contributed by atoms with Gasteiger partial charge in [-0.15, -0.1) is 0 Å². The van der Waals surface area contributed by atoms with E-state index in [4.69, 9.17) is 0 Å². The number of carbonyl (C=O) groups excluding carboxylic acids is 1. The van der Waals surface area contributed by atoms with E-state index in [-0.39, 0.29) is 0 Å². The van der Waals surface area contributed by atoms with Crippen molar-refractivity contribution in [3.8, 4) is 0 Å². The maximum atomic E-state index is 12.1. The van der Waals surface area contributed by atoms with Crippen LogP contribution >= 0.6 is 0 Å². The number of carbonyl (C=O) groups is 1. The minimum absolute atomic E-state index is 0.400. The molecule has 0 bridgehead atoms. The Morgan fingerprint density at radius 1 is 1.17 bits per heavy atom. The number of hydrogen-bond donors (Lipinski definition) is 1. The molecule has 1 amide bonds. The molecule has 0 aliphatic carbocycles. The highest BCUT2D eigenvalue weighted by Gasteiger charge is 2.36. The number of likely N-dealkylation sites (tertiary alicyclic amines) is 2. The number of hydrogen-bond acceptors (Lipinski definition) is 3. The Balaban J connectivity index is 1.58. The smallest absolute Gasteiger partial charge is 0.222 e. The minimum atomic E-state index is 0.400. The largest absolute Gasteiger partial charge is 0.338 e. The molecule has 0 saturated carbocycles. The number of piperidine rings is 2. The lowest BCUT2D eigenvalue weighted by molar-refractivity contribution is -0.139. The summed E-state index contributed by atoms with van der Waals surface area (Å²) in [4.78, 5) is 16.9. The second-order valence-electron chi connectivity index (χ2n) is 5.99. The Bertz CT molecular complexity index is 301. The van der Waals surface area contributed by atoms with Gasteiger partial charge in [0, 0.05) is 25.6 Å². The van der Waals surface area contributed by atoms with Gasteiger partial charge in [-0.3, -0.25) is 4.79 Å².